The maximum atomic E-state index is 11.3. The third-order valence-corrected chi connectivity index (χ3v) is 2.79. The third kappa shape index (κ3) is 3.14. The van der Waals surface area contributed by atoms with Crippen molar-refractivity contribution >= 4 is 23.4 Å². The van der Waals surface area contributed by atoms with Gasteiger partial charge in [0.15, 0.2) is 0 Å². The first-order valence-corrected chi connectivity index (χ1v) is 5.43. The van der Waals surface area contributed by atoms with Gasteiger partial charge in [-0.3, -0.25) is 10.0 Å². The minimum absolute atomic E-state index is 0.360. The van der Waals surface area contributed by atoms with Crippen molar-refractivity contribution in [2.75, 3.05) is 5.73 Å². The lowest BCUT2D eigenvalue weighted by Crippen LogP contribution is -2.19. The zero-order valence-electron chi connectivity index (χ0n) is 8.65. The Balaban J connectivity index is 3.08. The number of amides is 1. The molecule has 0 spiro atoms. The summed E-state index contributed by atoms with van der Waals surface area (Å²) in [6, 6.07) is 5.07. The summed E-state index contributed by atoms with van der Waals surface area (Å²) in [6.45, 7) is 4.06. The van der Waals surface area contributed by atoms with Crippen LogP contribution < -0.4 is 11.2 Å². The summed E-state index contributed by atoms with van der Waals surface area (Å²) in [5.41, 5.74) is 8.10. The van der Waals surface area contributed by atoms with Crippen molar-refractivity contribution in [3.8, 4) is 0 Å². The average molecular weight is 226 g/mol. The molecule has 0 radical (unpaired) electrons. The minimum atomic E-state index is -0.537. The number of nitrogens with two attached hydrogens (primary N) is 1. The molecule has 0 atom stereocenters. The summed E-state index contributed by atoms with van der Waals surface area (Å²) in [4.78, 5) is 12.1. The predicted octanol–water partition coefficient (Wildman–Crippen LogP) is 1.89. The standard InChI is InChI=1S/C10H14N2O2S/c1-6(2)15-9-4-3-7(11)5-8(9)10(13)12-14/h3-6,14H,11H2,1-2H3,(H,12,13). The van der Waals surface area contributed by atoms with Crippen LogP contribution in [-0.4, -0.2) is 16.4 Å². The highest BCUT2D eigenvalue weighted by atomic mass is 32.2. The Bertz CT molecular complexity index is 366. The van der Waals surface area contributed by atoms with E-state index in [0.717, 1.165) is 4.90 Å². The highest BCUT2D eigenvalue weighted by molar-refractivity contribution is 8.00. The average Bonchev–Trinajstić information content (AvgIpc) is 2.19. The monoisotopic (exact) mass is 226 g/mol. The molecular formula is C10H14N2O2S. The second kappa shape index (κ2) is 5.04. The molecule has 4 N–H and O–H groups in total. The Morgan fingerprint density at radius 2 is 2.20 bits per heavy atom. The zero-order chi connectivity index (χ0) is 11.4. The fraction of sp³-hybridized carbons (Fsp3) is 0.300. The molecule has 0 saturated carbocycles. The van der Waals surface area contributed by atoms with Crippen molar-refractivity contribution in [3.63, 3.8) is 0 Å². The largest absolute Gasteiger partial charge is 0.399 e. The van der Waals surface area contributed by atoms with Gasteiger partial charge in [-0.1, -0.05) is 13.8 Å². The van der Waals surface area contributed by atoms with Gasteiger partial charge in [0.1, 0.15) is 0 Å². The van der Waals surface area contributed by atoms with E-state index in [4.69, 9.17) is 10.9 Å². The van der Waals surface area contributed by atoms with Crippen LogP contribution in [0.3, 0.4) is 0 Å². The third-order valence-electron chi connectivity index (χ3n) is 1.71. The number of carbonyl (C=O) groups is 1. The molecular weight excluding hydrogens is 212 g/mol. The second-order valence-electron chi connectivity index (χ2n) is 3.36. The topological polar surface area (TPSA) is 75.4 Å². The van der Waals surface area contributed by atoms with Crippen LogP contribution in [0.25, 0.3) is 0 Å². The van der Waals surface area contributed by atoms with Crippen LogP contribution in [0, 0.1) is 0 Å². The fourth-order valence-corrected chi connectivity index (χ4v) is 2.08. The molecule has 0 aromatic heterocycles. The molecule has 1 rings (SSSR count). The summed E-state index contributed by atoms with van der Waals surface area (Å²) in [5.74, 6) is -0.537. The number of thioether (sulfide) groups is 1. The molecule has 0 saturated heterocycles. The first-order chi connectivity index (χ1) is 7.04. The van der Waals surface area contributed by atoms with E-state index >= 15 is 0 Å². The van der Waals surface area contributed by atoms with Crippen LogP contribution in [0.4, 0.5) is 5.69 Å². The lowest BCUT2D eigenvalue weighted by molar-refractivity contribution is 0.0703. The van der Waals surface area contributed by atoms with E-state index in [-0.39, 0.29) is 0 Å². The van der Waals surface area contributed by atoms with Crippen molar-refractivity contribution in [1.82, 2.24) is 5.48 Å². The van der Waals surface area contributed by atoms with E-state index in [1.54, 1.807) is 35.4 Å². The van der Waals surface area contributed by atoms with Crippen LogP contribution in [0.15, 0.2) is 23.1 Å². The van der Waals surface area contributed by atoms with Crippen LogP contribution in [0.5, 0.6) is 0 Å². The molecule has 1 aromatic carbocycles. The summed E-state index contributed by atoms with van der Waals surface area (Å²) in [7, 11) is 0. The van der Waals surface area contributed by atoms with Gasteiger partial charge in [-0.2, -0.15) is 0 Å². The Morgan fingerprint density at radius 1 is 1.53 bits per heavy atom. The molecule has 0 heterocycles. The number of nitrogens with one attached hydrogen (secondary N) is 1. The predicted molar refractivity (Wildman–Crippen MR) is 61.1 cm³/mol. The molecule has 0 aliphatic rings. The van der Waals surface area contributed by atoms with Crippen LogP contribution in [0.2, 0.25) is 0 Å². The first kappa shape index (κ1) is 11.9. The Labute approximate surface area is 92.8 Å². The van der Waals surface area contributed by atoms with Crippen molar-refractivity contribution in [3.05, 3.63) is 23.8 Å². The maximum Gasteiger partial charge on any atom is 0.275 e. The molecule has 0 aliphatic carbocycles. The van der Waals surface area contributed by atoms with Gasteiger partial charge < -0.3 is 5.73 Å². The number of carbonyl (C=O) groups excluding carboxylic acids is 1. The number of rotatable bonds is 3. The van der Waals surface area contributed by atoms with Gasteiger partial charge >= 0.3 is 0 Å². The normalized spacial score (nSPS) is 10.4. The van der Waals surface area contributed by atoms with Gasteiger partial charge in [0.2, 0.25) is 0 Å². The van der Waals surface area contributed by atoms with Gasteiger partial charge in [-0.05, 0) is 18.2 Å². The first-order valence-electron chi connectivity index (χ1n) is 4.55. The highest BCUT2D eigenvalue weighted by Crippen LogP contribution is 2.28. The second-order valence-corrected chi connectivity index (χ2v) is 4.98. The summed E-state index contributed by atoms with van der Waals surface area (Å²) in [5, 5.41) is 8.95. The quantitative estimate of drug-likeness (QED) is 0.318. The SMILES string of the molecule is CC(C)Sc1ccc(N)cc1C(=O)NO. The molecule has 0 aliphatic heterocycles. The number of nitrogen functional groups attached to an aromatic ring is 1. The highest BCUT2D eigenvalue weighted by Gasteiger charge is 2.12. The number of benzene rings is 1. The Hall–Kier alpha value is -1.20. The van der Waals surface area contributed by atoms with Gasteiger partial charge in [-0.25, -0.2) is 5.48 Å². The number of anilines is 1. The molecule has 1 aromatic rings. The van der Waals surface area contributed by atoms with Gasteiger partial charge in [0.05, 0.1) is 5.56 Å². The minimum Gasteiger partial charge on any atom is -0.399 e. The van der Waals surface area contributed by atoms with Crippen molar-refractivity contribution in [1.29, 1.82) is 0 Å². The molecule has 1 amide bonds. The van der Waals surface area contributed by atoms with E-state index in [1.165, 1.54) is 0 Å². The molecule has 0 fully saturated rings. The summed E-state index contributed by atoms with van der Waals surface area (Å²) in [6.07, 6.45) is 0. The van der Waals surface area contributed by atoms with E-state index in [2.05, 4.69) is 0 Å². The van der Waals surface area contributed by atoms with Crippen molar-refractivity contribution < 1.29 is 10.0 Å². The molecule has 4 nitrogen and oxygen atoms in total. The number of hydroxylamine groups is 1. The van der Waals surface area contributed by atoms with Gasteiger partial charge in [-0.15, -0.1) is 11.8 Å². The van der Waals surface area contributed by atoms with Crippen LogP contribution in [-0.2, 0) is 0 Å². The van der Waals surface area contributed by atoms with Crippen molar-refractivity contribution in [2.45, 2.75) is 24.0 Å². The molecule has 0 unspecified atom stereocenters. The van der Waals surface area contributed by atoms with Gasteiger partial charge in [0, 0.05) is 15.8 Å². The molecule has 15 heavy (non-hydrogen) atoms. The van der Waals surface area contributed by atoms with E-state index in [0.29, 0.717) is 16.5 Å². The lowest BCUT2D eigenvalue weighted by Gasteiger charge is -2.10. The van der Waals surface area contributed by atoms with E-state index in [1.807, 2.05) is 13.8 Å². The lowest BCUT2D eigenvalue weighted by atomic mass is 10.2. The van der Waals surface area contributed by atoms with Gasteiger partial charge in [0.25, 0.3) is 5.91 Å². The molecule has 0 bridgehead atoms. The summed E-state index contributed by atoms with van der Waals surface area (Å²) < 4.78 is 0. The maximum absolute atomic E-state index is 11.3. The van der Waals surface area contributed by atoms with Crippen LogP contribution >= 0.6 is 11.8 Å². The van der Waals surface area contributed by atoms with E-state index in [9.17, 15) is 4.79 Å². The Morgan fingerprint density at radius 3 is 2.73 bits per heavy atom. The van der Waals surface area contributed by atoms with Crippen LogP contribution in [0.1, 0.15) is 24.2 Å². The molecule has 82 valence electrons. The Kier molecular flexibility index (Phi) is 3.99. The molecule has 5 heteroatoms. The van der Waals surface area contributed by atoms with E-state index < -0.39 is 5.91 Å². The van der Waals surface area contributed by atoms with Crippen molar-refractivity contribution in [2.24, 2.45) is 0 Å². The zero-order valence-corrected chi connectivity index (χ0v) is 9.47. The number of hydrogen-bond donors (Lipinski definition) is 3. The summed E-state index contributed by atoms with van der Waals surface area (Å²) >= 11 is 1.55. The fourth-order valence-electron chi connectivity index (χ4n) is 1.14. The smallest absolute Gasteiger partial charge is 0.275 e. The number of hydrogen-bond acceptors (Lipinski definition) is 4.